The number of carbonyl (C=O) groups is 1. The Kier molecular flexibility index (Phi) is 3.07. The standard InChI is InChI=1S/C11H17N3O2S/c1-7(2)8-12-10(17-13-8)14-5-4-11(3,6-14)9(15)16/h7H,4-6H2,1-3H3,(H,15,16). The van der Waals surface area contributed by atoms with Crippen molar-refractivity contribution in [2.45, 2.75) is 33.1 Å². The van der Waals surface area contributed by atoms with Crippen LogP contribution in [0.2, 0.25) is 0 Å². The summed E-state index contributed by atoms with van der Waals surface area (Å²) in [4.78, 5) is 17.6. The molecule has 1 N–H and O–H groups in total. The van der Waals surface area contributed by atoms with Crippen LogP contribution in [0.5, 0.6) is 0 Å². The summed E-state index contributed by atoms with van der Waals surface area (Å²) in [5.74, 6) is 0.427. The number of hydrogen-bond donors (Lipinski definition) is 1. The van der Waals surface area contributed by atoms with E-state index in [-0.39, 0.29) is 0 Å². The summed E-state index contributed by atoms with van der Waals surface area (Å²) in [5, 5.41) is 10.0. The fourth-order valence-electron chi connectivity index (χ4n) is 1.89. The molecule has 17 heavy (non-hydrogen) atoms. The first kappa shape index (κ1) is 12.3. The van der Waals surface area contributed by atoms with Crippen molar-refractivity contribution in [1.82, 2.24) is 9.36 Å². The van der Waals surface area contributed by atoms with Gasteiger partial charge in [-0.15, -0.1) is 0 Å². The Labute approximate surface area is 105 Å². The molecule has 0 saturated carbocycles. The van der Waals surface area contributed by atoms with Gasteiger partial charge in [-0.3, -0.25) is 4.79 Å². The maximum absolute atomic E-state index is 11.2. The molecule has 0 spiro atoms. The van der Waals surface area contributed by atoms with E-state index in [0.29, 0.717) is 18.9 Å². The zero-order valence-corrected chi connectivity index (χ0v) is 11.1. The van der Waals surface area contributed by atoms with E-state index in [1.807, 2.05) is 4.90 Å². The molecule has 2 rings (SSSR count). The molecule has 0 radical (unpaired) electrons. The third-order valence-electron chi connectivity index (χ3n) is 3.21. The predicted molar refractivity (Wildman–Crippen MR) is 66.6 cm³/mol. The van der Waals surface area contributed by atoms with Crippen LogP contribution < -0.4 is 4.90 Å². The van der Waals surface area contributed by atoms with Gasteiger partial charge in [0.05, 0.1) is 5.41 Å². The van der Waals surface area contributed by atoms with E-state index in [1.54, 1.807) is 6.92 Å². The van der Waals surface area contributed by atoms with Crippen LogP contribution in [0.3, 0.4) is 0 Å². The largest absolute Gasteiger partial charge is 0.481 e. The maximum Gasteiger partial charge on any atom is 0.311 e. The van der Waals surface area contributed by atoms with Gasteiger partial charge in [0.25, 0.3) is 0 Å². The van der Waals surface area contributed by atoms with Crippen molar-refractivity contribution < 1.29 is 9.90 Å². The lowest BCUT2D eigenvalue weighted by atomic mass is 9.90. The minimum Gasteiger partial charge on any atom is -0.481 e. The van der Waals surface area contributed by atoms with Crippen LogP contribution in [0.15, 0.2) is 0 Å². The first-order valence-electron chi connectivity index (χ1n) is 5.74. The molecule has 94 valence electrons. The highest BCUT2D eigenvalue weighted by Crippen LogP contribution is 2.34. The summed E-state index contributed by atoms with van der Waals surface area (Å²) in [6.07, 6.45) is 0.666. The topological polar surface area (TPSA) is 66.3 Å². The molecule has 1 atom stereocenters. The minimum absolute atomic E-state index is 0.313. The molecule has 0 aliphatic carbocycles. The van der Waals surface area contributed by atoms with Crippen LogP contribution in [-0.2, 0) is 4.79 Å². The second-order valence-corrected chi connectivity index (χ2v) is 5.86. The second-order valence-electron chi connectivity index (χ2n) is 5.13. The number of hydrogen-bond acceptors (Lipinski definition) is 5. The SMILES string of the molecule is CC(C)c1nsc(N2CCC(C)(C(=O)O)C2)n1. The van der Waals surface area contributed by atoms with Gasteiger partial charge in [0, 0.05) is 30.5 Å². The van der Waals surface area contributed by atoms with Gasteiger partial charge in [-0.05, 0) is 13.3 Å². The van der Waals surface area contributed by atoms with Crippen molar-refractivity contribution in [2.24, 2.45) is 5.41 Å². The van der Waals surface area contributed by atoms with Gasteiger partial charge in [-0.2, -0.15) is 4.37 Å². The minimum atomic E-state index is -0.728. The van der Waals surface area contributed by atoms with E-state index in [4.69, 9.17) is 0 Å². The molecule has 0 aromatic carbocycles. The molecule has 0 bridgehead atoms. The van der Waals surface area contributed by atoms with Crippen molar-refractivity contribution in [3.05, 3.63) is 5.82 Å². The van der Waals surface area contributed by atoms with Gasteiger partial charge in [-0.25, -0.2) is 4.98 Å². The summed E-state index contributed by atoms with van der Waals surface area (Å²) in [6, 6.07) is 0. The molecule has 6 heteroatoms. The number of nitrogens with zero attached hydrogens (tertiary/aromatic N) is 3. The van der Waals surface area contributed by atoms with Gasteiger partial charge in [0.15, 0.2) is 0 Å². The predicted octanol–water partition coefficient (Wildman–Crippen LogP) is 1.96. The zero-order valence-electron chi connectivity index (χ0n) is 10.3. The fraction of sp³-hybridized carbons (Fsp3) is 0.727. The quantitative estimate of drug-likeness (QED) is 0.894. The monoisotopic (exact) mass is 255 g/mol. The van der Waals surface area contributed by atoms with E-state index in [0.717, 1.165) is 17.5 Å². The van der Waals surface area contributed by atoms with Crippen molar-refractivity contribution in [3.63, 3.8) is 0 Å². The van der Waals surface area contributed by atoms with E-state index < -0.39 is 11.4 Å². The van der Waals surface area contributed by atoms with Crippen molar-refractivity contribution in [3.8, 4) is 0 Å². The lowest BCUT2D eigenvalue weighted by Crippen LogP contribution is -2.31. The second kappa shape index (κ2) is 4.25. The van der Waals surface area contributed by atoms with Crippen molar-refractivity contribution in [2.75, 3.05) is 18.0 Å². The normalized spacial score (nSPS) is 24.6. The Morgan fingerprint density at radius 2 is 2.29 bits per heavy atom. The first-order chi connectivity index (χ1) is 7.92. The van der Waals surface area contributed by atoms with Crippen LogP contribution in [0.4, 0.5) is 5.13 Å². The molecule has 0 amide bonds. The highest BCUT2D eigenvalue weighted by molar-refractivity contribution is 7.09. The number of carboxylic acids is 1. The number of anilines is 1. The molecule has 1 aromatic rings. The van der Waals surface area contributed by atoms with Crippen molar-refractivity contribution in [1.29, 1.82) is 0 Å². The fourth-order valence-corrected chi connectivity index (χ4v) is 2.72. The lowest BCUT2D eigenvalue weighted by molar-refractivity contribution is -0.146. The third kappa shape index (κ3) is 2.26. The van der Waals surface area contributed by atoms with Gasteiger partial charge < -0.3 is 10.0 Å². The van der Waals surface area contributed by atoms with E-state index >= 15 is 0 Å². The van der Waals surface area contributed by atoms with E-state index in [9.17, 15) is 9.90 Å². The summed E-state index contributed by atoms with van der Waals surface area (Å²) in [7, 11) is 0. The van der Waals surface area contributed by atoms with Crippen LogP contribution >= 0.6 is 11.5 Å². The van der Waals surface area contributed by atoms with Gasteiger partial charge in [0.2, 0.25) is 5.13 Å². The summed E-state index contributed by atoms with van der Waals surface area (Å²) in [5.41, 5.74) is -0.649. The summed E-state index contributed by atoms with van der Waals surface area (Å²) in [6.45, 7) is 7.17. The smallest absolute Gasteiger partial charge is 0.311 e. The highest BCUT2D eigenvalue weighted by atomic mass is 32.1. The number of carboxylic acid groups (broad SMARTS) is 1. The van der Waals surface area contributed by atoms with E-state index in [2.05, 4.69) is 23.2 Å². The zero-order chi connectivity index (χ0) is 12.6. The molecular weight excluding hydrogens is 238 g/mol. The Balaban J connectivity index is 2.12. The molecule has 1 unspecified atom stereocenters. The average Bonchev–Trinajstić information content (AvgIpc) is 2.84. The third-order valence-corrected chi connectivity index (χ3v) is 4.00. The molecule has 1 aliphatic rings. The molecule has 2 heterocycles. The van der Waals surface area contributed by atoms with Gasteiger partial charge in [-0.1, -0.05) is 13.8 Å². The molecule has 1 saturated heterocycles. The number of rotatable bonds is 3. The first-order valence-corrected chi connectivity index (χ1v) is 6.52. The lowest BCUT2D eigenvalue weighted by Gasteiger charge is -2.18. The van der Waals surface area contributed by atoms with Crippen LogP contribution in [-0.4, -0.2) is 33.5 Å². The summed E-state index contributed by atoms with van der Waals surface area (Å²) >= 11 is 1.36. The molecular formula is C11H17N3O2S. The Morgan fingerprint density at radius 3 is 2.76 bits per heavy atom. The van der Waals surface area contributed by atoms with Crippen molar-refractivity contribution >= 4 is 22.6 Å². The average molecular weight is 255 g/mol. The van der Waals surface area contributed by atoms with Gasteiger partial charge >= 0.3 is 5.97 Å². The van der Waals surface area contributed by atoms with Crippen LogP contribution in [0.1, 0.15) is 38.9 Å². The Morgan fingerprint density at radius 1 is 1.59 bits per heavy atom. The Hall–Kier alpha value is -1.17. The molecule has 1 fully saturated rings. The Bertz CT molecular complexity index is 432. The highest BCUT2D eigenvalue weighted by Gasteiger charge is 2.41. The summed E-state index contributed by atoms with van der Waals surface area (Å²) < 4.78 is 4.29. The molecule has 1 aliphatic heterocycles. The van der Waals surface area contributed by atoms with E-state index in [1.165, 1.54) is 11.5 Å². The number of aromatic nitrogens is 2. The van der Waals surface area contributed by atoms with Crippen LogP contribution in [0, 0.1) is 5.41 Å². The molecule has 1 aromatic heterocycles. The van der Waals surface area contributed by atoms with Gasteiger partial charge in [0.1, 0.15) is 5.82 Å². The van der Waals surface area contributed by atoms with Crippen LogP contribution in [0.25, 0.3) is 0 Å². The maximum atomic E-state index is 11.2. The molecule has 5 nitrogen and oxygen atoms in total. The number of aliphatic carboxylic acids is 1.